The van der Waals surface area contributed by atoms with E-state index < -0.39 is 11.9 Å². The quantitative estimate of drug-likeness (QED) is 0.838. The van der Waals surface area contributed by atoms with Crippen molar-refractivity contribution in [3.8, 4) is 11.5 Å². The van der Waals surface area contributed by atoms with Gasteiger partial charge in [0.25, 0.3) is 0 Å². The van der Waals surface area contributed by atoms with Crippen LogP contribution in [0.3, 0.4) is 0 Å². The Kier molecular flexibility index (Phi) is 4.14. The van der Waals surface area contributed by atoms with E-state index in [9.17, 15) is 9.50 Å². The molecule has 0 bridgehead atoms. The summed E-state index contributed by atoms with van der Waals surface area (Å²) in [7, 11) is 0. The predicted octanol–water partition coefficient (Wildman–Crippen LogP) is 3.99. The van der Waals surface area contributed by atoms with Gasteiger partial charge in [0.05, 0.1) is 0 Å². The van der Waals surface area contributed by atoms with Crippen LogP contribution in [0.15, 0.2) is 66.9 Å². The molecule has 0 heterocycles. The van der Waals surface area contributed by atoms with Crippen LogP contribution in [0, 0.1) is 5.82 Å². The first-order valence-electron chi connectivity index (χ1n) is 5.77. The molecule has 0 aromatic heterocycles. The fourth-order valence-corrected chi connectivity index (χ4v) is 1.61. The first-order chi connectivity index (χ1) is 9.20. The molecule has 1 unspecified atom stereocenters. The summed E-state index contributed by atoms with van der Waals surface area (Å²) in [5.74, 6) is 0.120. The highest BCUT2D eigenvalue weighted by atomic mass is 19.1. The average Bonchev–Trinajstić information content (AvgIpc) is 2.42. The number of benzene rings is 2. The summed E-state index contributed by atoms with van der Waals surface area (Å²) in [4.78, 5) is 0. The van der Waals surface area contributed by atoms with Gasteiger partial charge in [-0.25, -0.2) is 4.39 Å². The topological polar surface area (TPSA) is 29.5 Å². The summed E-state index contributed by atoms with van der Waals surface area (Å²) in [5.41, 5.74) is 3.01. The smallest absolute Gasteiger partial charge is 0.165 e. The molecule has 0 amide bonds. The predicted molar refractivity (Wildman–Crippen MR) is 71.6 cm³/mol. The van der Waals surface area contributed by atoms with E-state index in [4.69, 9.17) is 4.74 Å². The molecule has 2 nitrogen and oxygen atoms in total. The number of ether oxygens (including phenoxy) is 1. The number of aliphatic hydroxyl groups excluding tert-OH is 1. The Morgan fingerprint density at radius 2 is 1.95 bits per heavy atom. The summed E-state index contributed by atoms with van der Waals surface area (Å²) in [6.07, 6.45) is 0.510. The van der Waals surface area contributed by atoms with E-state index in [0.29, 0.717) is 11.3 Å². The van der Waals surface area contributed by atoms with E-state index >= 15 is 0 Å². The molecule has 96 valence electrons. The van der Waals surface area contributed by atoms with Gasteiger partial charge in [0.15, 0.2) is 11.6 Å². The van der Waals surface area contributed by atoms with Gasteiger partial charge in [-0.2, -0.15) is 0 Å². The molecule has 0 saturated heterocycles. The van der Waals surface area contributed by atoms with Crippen LogP contribution < -0.4 is 4.74 Å². The van der Waals surface area contributed by atoms with Gasteiger partial charge in [-0.05, 0) is 35.9 Å². The van der Waals surface area contributed by atoms with Crippen molar-refractivity contribution in [1.82, 2.24) is 0 Å². The van der Waals surface area contributed by atoms with Crippen LogP contribution in [0.5, 0.6) is 11.5 Å². The maximum Gasteiger partial charge on any atom is 0.165 e. The van der Waals surface area contributed by atoms with Gasteiger partial charge in [-0.3, -0.25) is 0 Å². The van der Waals surface area contributed by atoms with E-state index in [-0.39, 0.29) is 5.75 Å². The molecule has 0 saturated carbocycles. The highest BCUT2D eigenvalue weighted by molar-refractivity contribution is 5.36. The molecule has 1 atom stereocenters. The zero-order valence-corrected chi connectivity index (χ0v) is 10.2. The first kappa shape index (κ1) is 13.1. The zero-order valence-electron chi connectivity index (χ0n) is 10.2. The maximum atomic E-state index is 13.7. The molecule has 0 aliphatic heterocycles. The lowest BCUT2D eigenvalue weighted by molar-refractivity contribution is 0.228. The first-order valence-corrected chi connectivity index (χ1v) is 5.77. The minimum atomic E-state index is -0.878. The van der Waals surface area contributed by atoms with E-state index in [1.165, 1.54) is 24.3 Å². The van der Waals surface area contributed by atoms with Crippen LogP contribution in [-0.4, -0.2) is 5.11 Å². The number of rotatable bonds is 4. The molecule has 0 spiro atoms. The van der Waals surface area contributed by atoms with Crippen molar-refractivity contribution in [2.24, 2.45) is 0 Å². The molecule has 0 aliphatic carbocycles. The lowest BCUT2D eigenvalue weighted by atomic mass is 10.1. The maximum absolute atomic E-state index is 13.7. The molecule has 2 aromatic rings. The molecular formula is C16H13FO2. The third-order valence-electron chi connectivity index (χ3n) is 2.54. The van der Waals surface area contributed by atoms with Gasteiger partial charge in [0.2, 0.25) is 0 Å². The van der Waals surface area contributed by atoms with Gasteiger partial charge in [0.1, 0.15) is 11.9 Å². The van der Waals surface area contributed by atoms with Gasteiger partial charge in [-0.1, -0.05) is 30.8 Å². The van der Waals surface area contributed by atoms with Crippen molar-refractivity contribution in [1.29, 1.82) is 0 Å². The Bertz CT molecular complexity index is 601. The largest absolute Gasteiger partial charge is 0.454 e. The number of hydrogen-bond acceptors (Lipinski definition) is 2. The summed E-state index contributed by atoms with van der Waals surface area (Å²) in [5, 5.41) is 9.77. The Labute approximate surface area is 111 Å². The molecule has 1 N–H and O–H groups in total. The number of halogens is 1. The Balaban J connectivity index is 2.29. The SMILES string of the molecule is C=C=CC(O)c1ccc(F)c(Oc2ccccc2)c1. The summed E-state index contributed by atoms with van der Waals surface area (Å²) in [6, 6.07) is 13.1. The van der Waals surface area contributed by atoms with Crippen molar-refractivity contribution in [2.45, 2.75) is 6.10 Å². The van der Waals surface area contributed by atoms with E-state index in [0.717, 1.165) is 0 Å². The average molecular weight is 256 g/mol. The molecule has 2 rings (SSSR count). The Morgan fingerprint density at radius 3 is 2.63 bits per heavy atom. The zero-order chi connectivity index (χ0) is 13.7. The Morgan fingerprint density at radius 1 is 1.21 bits per heavy atom. The van der Waals surface area contributed by atoms with Crippen molar-refractivity contribution in [2.75, 3.05) is 0 Å². The van der Waals surface area contributed by atoms with Crippen molar-refractivity contribution in [3.63, 3.8) is 0 Å². The number of hydrogen-bond donors (Lipinski definition) is 1. The van der Waals surface area contributed by atoms with Crippen molar-refractivity contribution < 1.29 is 14.2 Å². The Hall–Kier alpha value is -2.35. The van der Waals surface area contributed by atoms with E-state index in [2.05, 4.69) is 12.3 Å². The van der Waals surface area contributed by atoms with Crippen molar-refractivity contribution in [3.05, 3.63) is 78.3 Å². The highest BCUT2D eigenvalue weighted by Gasteiger charge is 2.10. The van der Waals surface area contributed by atoms with Gasteiger partial charge in [-0.15, -0.1) is 5.73 Å². The molecular weight excluding hydrogens is 243 g/mol. The lowest BCUT2D eigenvalue weighted by Crippen LogP contribution is -1.95. The van der Waals surface area contributed by atoms with Crippen LogP contribution >= 0.6 is 0 Å². The minimum absolute atomic E-state index is 0.0696. The summed E-state index contributed by atoms with van der Waals surface area (Å²) < 4.78 is 19.1. The monoisotopic (exact) mass is 256 g/mol. The molecule has 3 heteroatoms. The van der Waals surface area contributed by atoms with Crippen LogP contribution in [-0.2, 0) is 0 Å². The van der Waals surface area contributed by atoms with Crippen molar-refractivity contribution >= 4 is 0 Å². The third-order valence-corrected chi connectivity index (χ3v) is 2.54. The second kappa shape index (κ2) is 6.01. The van der Waals surface area contributed by atoms with Crippen LogP contribution in [0.4, 0.5) is 4.39 Å². The molecule has 0 radical (unpaired) electrons. The standard InChI is InChI=1S/C16H13FO2/c1-2-6-15(18)12-9-10-14(17)16(11-12)19-13-7-4-3-5-8-13/h3-11,15,18H,1H2. The van der Waals surface area contributed by atoms with Gasteiger partial charge in [0, 0.05) is 0 Å². The molecule has 19 heavy (non-hydrogen) atoms. The molecule has 0 fully saturated rings. The second-order valence-electron chi connectivity index (χ2n) is 3.92. The van der Waals surface area contributed by atoms with Crippen LogP contribution in [0.2, 0.25) is 0 Å². The van der Waals surface area contributed by atoms with Gasteiger partial charge >= 0.3 is 0 Å². The number of para-hydroxylation sites is 1. The molecule has 0 aliphatic rings. The van der Waals surface area contributed by atoms with E-state index in [1.54, 1.807) is 24.3 Å². The third kappa shape index (κ3) is 3.32. The highest BCUT2D eigenvalue weighted by Crippen LogP contribution is 2.27. The summed E-state index contributed by atoms with van der Waals surface area (Å²) in [6.45, 7) is 3.39. The van der Waals surface area contributed by atoms with Gasteiger partial charge < -0.3 is 9.84 Å². The summed E-state index contributed by atoms with van der Waals surface area (Å²) >= 11 is 0. The van der Waals surface area contributed by atoms with Crippen LogP contribution in [0.25, 0.3) is 0 Å². The second-order valence-corrected chi connectivity index (χ2v) is 3.92. The number of aliphatic hydroxyl groups is 1. The fourth-order valence-electron chi connectivity index (χ4n) is 1.61. The van der Waals surface area contributed by atoms with Crippen LogP contribution in [0.1, 0.15) is 11.7 Å². The fraction of sp³-hybridized carbons (Fsp3) is 0.0625. The van der Waals surface area contributed by atoms with E-state index in [1.807, 2.05) is 6.07 Å². The molecule has 2 aromatic carbocycles. The minimum Gasteiger partial charge on any atom is -0.454 e. The normalized spacial score (nSPS) is 11.5. The lowest BCUT2D eigenvalue weighted by Gasteiger charge is -2.10.